The third-order valence-corrected chi connectivity index (χ3v) is 5.73. The van der Waals surface area contributed by atoms with E-state index in [0.717, 1.165) is 16.4 Å². The van der Waals surface area contributed by atoms with Crippen LogP contribution in [-0.2, 0) is 14.9 Å². The van der Waals surface area contributed by atoms with E-state index in [4.69, 9.17) is 9.84 Å². The number of carbonyl (C=O) groups excluding carboxylic acids is 1. The van der Waals surface area contributed by atoms with Crippen LogP contribution in [-0.4, -0.2) is 70.1 Å². The third-order valence-electron chi connectivity index (χ3n) is 4.28. The van der Waals surface area contributed by atoms with Gasteiger partial charge in [0.2, 0.25) is 0 Å². The summed E-state index contributed by atoms with van der Waals surface area (Å²) in [4.78, 5) is 25.0. The summed E-state index contributed by atoms with van der Waals surface area (Å²) < 4.78 is 47.2. The standard InChI is InChI=1S/C16H22FN3O6S/c1-19(2)14-8-11(16(22)23)13(17)7-12(14)15(21)18-27(24,25)20-6-4-5-10(9-20)26-3/h7-8,10H,4-6,9H2,1-3H3,(H,18,21)(H,22,23)/t10-/m1/s1. The summed E-state index contributed by atoms with van der Waals surface area (Å²) in [5.41, 5.74) is -0.821. The van der Waals surface area contributed by atoms with Crippen LogP contribution >= 0.6 is 0 Å². The summed E-state index contributed by atoms with van der Waals surface area (Å²) >= 11 is 0. The van der Waals surface area contributed by atoms with Crippen molar-refractivity contribution in [2.75, 3.05) is 39.2 Å². The quantitative estimate of drug-likeness (QED) is 0.717. The summed E-state index contributed by atoms with van der Waals surface area (Å²) in [6.07, 6.45) is 1.02. The number of piperidine rings is 1. The Morgan fingerprint density at radius 1 is 1.33 bits per heavy atom. The summed E-state index contributed by atoms with van der Waals surface area (Å²) in [7, 11) is 0.374. The molecule has 1 fully saturated rings. The van der Waals surface area contributed by atoms with Gasteiger partial charge in [-0.25, -0.2) is 13.9 Å². The zero-order valence-corrected chi connectivity index (χ0v) is 16.0. The fourth-order valence-corrected chi connectivity index (χ4v) is 4.04. The summed E-state index contributed by atoms with van der Waals surface area (Å²) in [6.45, 7) is 0.335. The molecule has 1 aromatic rings. The average Bonchev–Trinajstić information content (AvgIpc) is 2.60. The number of rotatable bonds is 6. The molecule has 11 heteroatoms. The minimum absolute atomic E-state index is 0.0786. The number of carbonyl (C=O) groups is 2. The first kappa shape index (κ1) is 21.1. The van der Waals surface area contributed by atoms with Crippen LogP contribution < -0.4 is 9.62 Å². The number of halogens is 1. The zero-order chi connectivity index (χ0) is 20.4. The Bertz CT molecular complexity index is 843. The lowest BCUT2D eigenvalue weighted by Gasteiger charge is -2.31. The first-order chi connectivity index (χ1) is 12.6. The molecule has 1 saturated heterocycles. The highest BCUT2D eigenvalue weighted by molar-refractivity contribution is 7.87. The largest absolute Gasteiger partial charge is 0.478 e. The molecule has 0 unspecified atom stereocenters. The van der Waals surface area contributed by atoms with Gasteiger partial charge in [-0.3, -0.25) is 4.79 Å². The van der Waals surface area contributed by atoms with Crippen molar-refractivity contribution >= 4 is 27.8 Å². The molecule has 0 spiro atoms. The van der Waals surface area contributed by atoms with Crippen molar-refractivity contribution in [2.24, 2.45) is 0 Å². The molecule has 9 nitrogen and oxygen atoms in total. The van der Waals surface area contributed by atoms with Crippen molar-refractivity contribution in [1.29, 1.82) is 0 Å². The molecule has 0 bridgehead atoms. The van der Waals surface area contributed by atoms with Crippen molar-refractivity contribution < 1.29 is 32.2 Å². The molecule has 1 aliphatic rings. The highest BCUT2D eigenvalue weighted by Crippen LogP contribution is 2.24. The van der Waals surface area contributed by atoms with Gasteiger partial charge in [-0.2, -0.15) is 12.7 Å². The van der Waals surface area contributed by atoms with E-state index in [9.17, 15) is 22.4 Å². The normalized spacial score (nSPS) is 18.1. The maximum absolute atomic E-state index is 14.0. The first-order valence-corrected chi connectivity index (χ1v) is 9.60. The number of nitrogens with one attached hydrogen (secondary N) is 1. The van der Waals surface area contributed by atoms with Gasteiger partial charge in [-0.05, 0) is 25.0 Å². The Kier molecular flexibility index (Phi) is 6.39. The van der Waals surface area contributed by atoms with Gasteiger partial charge in [-0.15, -0.1) is 0 Å². The molecule has 0 saturated carbocycles. The summed E-state index contributed by atoms with van der Waals surface area (Å²) in [5, 5.41) is 9.03. The second kappa shape index (κ2) is 8.19. The molecule has 27 heavy (non-hydrogen) atoms. The molecule has 0 aliphatic carbocycles. The monoisotopic (exact) mass is 403 g/mol. The van der Waals surface area contributed by atoms with E-state index in [0.29, 0.717) is 12.8 Å². The average molecular weight is 403 g/mol. The maximum Gasteiger partial charge on any atom is 0.338 e. The molecule has 2 rings (SSSR count). The van der Waals surface area contributed by atoms with Crippen LogP contribution in [0.1, 0.15) is 33.6 Å². The number of ether oxygens (including phenoxy) is 1. The van der Waals surface area contributed by atoms with Gasteiger partial charge in [-0.1, -0.05) is 0 Å². The van der Waals surface area contributed by atoms with E-state index in [1.54, 1.807) is 0 Å². The van der Waals surface area contributed by atoms with Crippen LogP contribution in [0.2, 0.25) is 0 Å². The Balaban J connectivity index is 2.32. The van der Waals surface area contributed by atoms with E-state index in [1.807, 2.05) is 4.72 Å². The molecule has 0 radical (unpaired) electrons. The Morgan fingerprint density at radius 2 is 2.00 bits per heavy atom. The molecule has 1 aromatic carbocycles. The highest BCUT2D eigenvalue weighted by Gasteiger charge is 2.31. The van der Waals surface area contributed by atoms with Gasteiger partial charge in [0.1, 0.15) is 5.82 Å². The minimum Gasteiger partial charge on any atom is -0.478 e. The lowest BCUT2D eigenvalue weighted by Crippen LogP contribution is -2.49. The van der Waals surface area contributed by atoms with Crippen LogP contribution in [0.4, 0.5) is 10.1 Å². The summed E-state index contributed by atoms with van der Waals surface area (Å²) in [5.74, 6) is -3.67. The molecule has 1 atom stereocenters. The predicted molar refractivity (Wildman–Crippen MR) is 95.7 cm³/mol. The Morgan fingerprint density at radius 3 is 2.56 bits per heavy atom. The fraction of sp³-hybridized carbons (Fsp3) is 0.500. The molecule has 1 heterocycles. The van der Waals surface area contributed by atoms with Crippen LogP contribution in [0, 0.1) is 5.82 Å². The van der Waals surface area contributed by atoms with Gasteiger partial charge in [0.05, 0.1) is 22.9 Å². The maximum atomic E-state index is 14.0. The number of aromatic carboxylic acids is 1. The van der Waals surface area contributed by atoms with E-state index >= 15 is 0 Å². The number of benzene rings is 1. The van der Waals surface area contributed by atoms with E-state index < -0.39 is 33.5 Å². The molecule has 150 valence electrons. The molecule has 1 amide bonds. The highest BCUT2D eigenvalue weighted by atomic mass is 32.2. The molecular weight excluding hydrogens is 381 g/mol. The van der Waals surface area contributed by atoms with E-state index in [2.05, 4.69) is 0 Å². The number of carboxylic acid groups (broad SMARTS) is 1. The number of carboxylic acids is 1. The van der Waals surface area contributed by atoms with Crippen molar-refractivity contribution in [3.63, 3.8) is 0 Å². The summed E-state index contributed by atoms with van der Waals surface area (Å²) in [6, 6.07) is 1.71. The van der Waals surface area contributed by atoms with Gasteiger partial charge < -0.3 is 14.7 Å². The van der Waals surface area contributed by atoms with Crippen molar-refractivity contribution in [3.8, 4) is 0 Å². The van der Waals surface area contributed by atoms with E-state index in [1.165, 1.54) is 26.1 Å². The van der Waals surface area contributed by atoms with E-state index in [-0.39, 0.29) is 30.4 Å². The van der Waals surface area contributed by atoms with Crippen LogP contribution in [0.15, 0.2) is 12.1 Å². The lowest BCUT2D eigenvalue weighted by molar-refractivity contribution is 0.0566. The van der Waals surface area contributed by atoms with Crippen LogP contribution in [0.3, 0.4) is 0 Å². The Labute approximate surface area is 156 Å². The third kappa shape index (κ3) is 4.73. The molecular formula is C16H22FN3O6S. The first-order valence-electron chi connectivity index (χ1n) is 8.16. The number of amides is 1. The van der Waals surface area contributed by atoms with Crippen molar-refractivity contribution in [3.05, 3.63) is 29.1 Å². The van der Waals surface area contributed by atoms with Crippen LogP contribution in [0.5, 0.6) is 0 Å². The van der Waals surface area contributed by atoms with Gasteiger partial charge in [0.25, 0.3) is 5.91 Å². The minimum atomic E-state index is -4.16. The number of methoxy groups -OCH3 is 1. The smallest absolute Gasteiger partial charge is 0.338 e. The van der Waals surface area contributed by atoms with Gasteiger partial charge in [0, 0.05) is 34.3 Å². The Hall–Kier alpha value is -2.24. The number of hydrogen-bond donors (Lipinski definition) is 2. The van der Waals surface area contributed by atoms with Crippen molar-refractivity contribution in [1.82, 2.24) is 9.03 Å². The second-order valence-corrected chi connectivity index (χ2v) is 8.01. The molecule has 0 aromatic heterocycles. The number of hydrogen-bond acceptors (Lipinski definition) is 6. The number of anilines is 1. The topological polar surface area (TPSA) is 116 Å². The lowest BCUT2D eigenvalue weighted by atomic mass is 10.1. The number of nitrogens with zero attached hydrogens (tertiary/aromatic N) is 2. The molecule has 1 aliphatic heterocycles. The second-order valence-electron chi connectivity index (χ2n) is 6.34. The van der Waals surface area contributed by atoms with Crippen LogP contribution in [0.25, 0.3) is 0 Å². The molecule has 2 N–H and O–H groups in total. The predicted octanol–water partition coefficient (Wildman–Crippen LogP) is 0.675. The van der Waals surface area contributed by atoms with Crippen molar-refractivity contribution in [2.45, 2.75) is 18.9 Å². The fourth-order valence-electron chi connectivity index (χ4n) is 2.83. The zero-order valence-electron chi connectivity index (χ0n) is 15.2. The van der Waals surface area contributed by atoms with Gasteiger partial charge >= 0.3 is 16.2 Å². The van der Waals surface area contributed by atoms with Gasteiger partial charge in [0.15, 0.2) is 0 Å². The SMILES string of the molecule is CO[C@@H]1CCCN(S(=O)(=O)NC(=O)c2cc(F)c(C(=O)O)cc2N(C)C)C1.